The van der Waals surface area contributed by atoms with Crippen molar-refractivity contribution < 1.29 is 14.3 Å². The minimum atomic E-state index is -0.409. The molecule has 2 aromatic rings. The van der Waals surface area contributed by atoms with Crippen LogP contribution in [0.25, 0.3) is 0 Å². The van der Waals surface area contributed by atoms with Crippen molar-refractivity contribution in [2.45, 2.75) is 32.4 Å². The van der Waals surface area contributed by atoms with Crippen LogP contribution in [0.2, 0.25) is 0 Å². The van der Waals surface area contributed by atoms with E-state index in [1.54, 1.807) is 12.5 Å². The quantitative estimate of drug-likeness (QED) is 0.739. The average molecular weight is 344 g/mol. The molecular weight excluding hydrogens is 320 g/mol. The summed E-state index contributed by atoms with van der Waals surface area (Å²) in [6, 6.07) is 7.57. The smallest absolute Gasteiger partial charge is 0.325 e. The summed E-state index contributed by atoms with van der Waals surface area (Å²) in [5.74, 6) is 0.572. The van der Waals surface area contributed by atoms with E-state index in [0.29, 0.717) is 26.3 Å². The average Bonchev–Trinajstić information content (AvgIpc) is 3.25. The fourth-order valence-corrected chi connectivity index (χ4v) is 2.95. The van der Waals surface area contributed by atoms with Crippen LogP contribution in [0.5, 0.6) is 5.75 Å². The van der Waals surface area contributed by atoms with E-state index in [2.05, 4.69) is 15.8 Å². The van der Waals surface area contributed by atoms with Crippen molar-refractivity contribution in [3.63, 3.8) is 0 Å². The molecule has 1 aromatic heterocycles. The molecule has 2 atom stereocenters. The van der Waals surface area contributed by atoms with E-state index in [1.165, 1.54) is 5.56 Å². The summed E-state index contributed by atoms with van der Waals surface area (Å²) in [5.41, 5.74) is 8.23. The number of esters is 1. The van der Waals surface area contributed by atoms with Crippen molar-refractivity contribution in [2.24, 2.45) is 0 Å². The van der Waals surface area contributed by atoms with Crippen LogP contribution in [0.15, 0.2) is 36.8 Å². The van der Waals surface area contributed by atoms with E-state index in [1.807, 2.05) is 42.7 Å². The number of rotatable bonds is 7. The zero-order valence-electron chi connectivity index (χ0n) is 14.6. The van der Waals surface area contributed by atoms with Gasteiger partial charge in [-0.05, 0) is 26.0 Å². The van der Waals surface area contributed by atoms with Crippen LogP contribution in [0.1, 0.15) is 24.1 Å². The van der Waals surface area contributed by atoms with E-state index in [-0.39, 0.29) is 11.9 Å². The van der Waals surface area contributed by atoms with Crippen molar-refractivity contribution in [1.29, 1.82) is 0 Å². The molecule has 134 valence electrons. The number of benzene rings is 1. The predicted octanol–water partition coefficient (Wildman–Crippen LogP) is 1.39. The third-order valence-electron chi connectivity index (χ3n) is 4.27. The zero-order valence-corrected chi connectivity index (χ0v) is 14.6. The van der Waals surface area contributed by atoms with Crippen LogP contribution in [-0.2, 0) is 16.1 Å². The lowest BCUT2D eigenvalue weighted by Gasteiger charge is -2.18. The third kappa shape index (κ3) is 4.18. The Kier molecular flexibility index (Phi) is 5.67. The highest BCUT2D eigenvalue weighted by molar-refractivity contribution is 5.77. The molecule has 7 heteroatoms. The highest BCUT2D eigenvalue weighted by Gasteiger charge is 2.36. The number of hydrogen-bond donors (Lipinski definition) is 2. The van der Waals surface area contributed by atoms with Crippen LogP contribution in [-0.4, -0.2) is 41.3 Å². The van der Waals surface area contributed by atoms with Crippen molar-refractivity contribution in [1.82, 2.24) is 20.4 Å². The van der Waals surface area contributed by atoms with Gasteiger partial charge in [-0.2, -0.15) is 0 Å². The fourth-order valence-electron chi connectivity index (χ4n) is 2.95. The first-order valence-electron chi connectivity index (χ1n) is 8.53. The van der Waals surface area contributed by atoms with Gasteiger partial charge in [-0.3, -0.25) is 10.2 Å². The predicted molar refractivity (Wildman–Crippen MR) is 93.2 cm³/mol. The Hall–Kier alpha value is -2.38. The number of nitrogens with one attached hydrogen (secondary N) is 2. The molecule has 2 heterocycles. The largest absolute Gasteiger partial charge is 0.492 e. The molecule has 2 N–H and O–H groups in total. The topological polar surface area (TPSA) is 77.4 Å². The molecule has 1 saturated heterocycles. The molecule has 0 spiro atoms. The Morgan fingerprint density at radius 3 is 2.92 bits per heavy atom. The zero-order chi connectivity index (χ0) is 17.6. The maximum atomic E-state index is 12.1. The van der Waals surface area contributed by atoms with E-state index in [9.17, 15) is 4.79 Å². The van der Waals surface area contributed by atoms with Crippen molar-refractivity contribution in [3.8, 4) is 5.75 Å². The number of hydrazine groups is 1. The molecule has 1 aliphatic heterocycles. The molecule has 1 aromatic carbocycles. The number of hydrogen-bond acceptors (Lipinski definition) is 6. The van der Waals surface area contributed by atoms with Gasteiger partial charge in [0.05, 0.1) is 19.5 Å². The van der Waals surface area contributed by atoms with E-state index < -0.39 is 6.04 Å². The van der Waals surface area contributed by atoms with Crippen molar-refractivity contribution in [3.05, 3.63) is 48.0 Å². The van der Waals surface area contributed by atoms with Crippen molar-refractivity contribution >= 4 is 5.97 Å². The summed E-state index contributed by atoms with van der Waals surface area (Å²) in [6.07, 6.45) is 3.58. The standard InChI is InChI=1S/C18H24N4O3/c1-3-24-18(23)17-15(10-20-21-17)16-11-19-12-22(16)8-9-25-14-6-4-13(2)5-7-14/h4-7,11-12,15,17,20-21H,3,8-10H2,1-2H3. The Bertz CT molecular complexity index is 699. The van der Waals surface area contributed by atoms with Gasteiger partial charge < -0.3 is 14.0 Å². The number of carbonyl (C=O) groups is 1. The molecule has 0 radical (unpaired) electrons. The maximum Gasteiger partial charge on any atom is 0.325 e. The van der Waals surface area contributed by atoms with Gasteiger partial charge in [-0.25, -0.2) is 10.4 Å². The lowest BCUT2D eigenvalue weighted by molar-refractivity contribution is -0.145. The molecular formula is C18H24N4O3. The van der Waals surface area contributed by atoms with Crippen LogP contribution < -0.4 is 15.6 Å². The Morgan fingerprint density at radius 2 is 2.16 bits per heavy atom. The molecule has 0 amide bonds. The van der Waals surface area contributed by atoms with Crippen molar-refractivity contribution in [2.75, 3.05) is 19.8 Å². The molecule has 25 heavy (non-hydrogen) atoms. The van der Waals surface area contributed by atoms with Gasteiger partial charge >= 0.3 is 5.97 Å². The normalized spacial score (nSPS) is 19.8. The van der Waals surface area contributed by atoms with E-state index in [4.69, 9.17) is 9.47 Å². The number of aromatic nitrogens is 2. The highest BCUT2D eigenvalue weighted by atomic mass is 16.5. The first-order valence-corrected chi connectivity index (χ1v) is 8.53. The molecule has 3 rings (SSSR count). The number of imidazole rings is 1. The Morgan fingerprint density at radius 1 is 1.36 bits per heavy atom. The second-order valence-electron chi connectivity index (χ2n) is 6.03. The van der Waals surface area contributed by atoms with Crippen LogP contribution >= 0.6 is 0 Å². The summed E-state index contributed by atoms with van der Waals surface area (Å²) in [4.78, 5) is 16.4. The minimum absolute atomic E-state index is 0.0269. The molecule has 0 aliphatic carbocycles. The molecule has 1 aliphatic rings. The maximum absolute atomic E-state index is 12.1. The fraction of sp³-hybridized carbons (Fsp3) is 0.444. The van der Waals surface area contributed by atoms with E-state index in [0.717, 1.165) is 11.4 Å². The summed E-state index contributed by atoms with van der Waals surface area (Å²) < 4.78 is 13.0. The van der Waals surface area contributed by atoms with E-state index >= 15 is 0 Å². The van der Waals surface area contributed by atoms with Gasteiger partial charge in [0.2, 0.25) is 0 Å². The second-order valence-corrected chi connectivity index (χ2v) is 6.03. The third-order valence-corrected chi connectivity index (χ3v) is 4.27. The van der Waals surface area contributed by atoms with Gasteiger partial charge in [0.15, 0.2) is 0 Å². The van der Waals surface area contributed by atoms with Gasteiger partial charge in [-0.15, -0.1) is 0 Å². The molecule has 7 nitrogen and oxygen atoms in total. The first-order chi connectivity index (χ1) is 12.2. The van der Waals surface area contributed by atoms with Gasteiger partial charge in [0.1, 0.15) is 18.4 Å². The number of nitrogens with zero attached hydrogens (tertiary/aromatic N) is 2. The first kappa shape index (κ1) is 17.4. The Balaban J connectivity index is 1.62. The minimum Gasteiger partial charge on any atom is -0.492 e. The summed E-state index contributed by atoms with van der Waals surface area (Å²) in [7, 11) is 0. The molecule has 0 saturated carbocycles. The van der Waals surface area contributed by atoms with Gasteiger partial charge in [0, 0.05) is 24.4 Å². The molecule has 0 bridgehead atoms. The SMILES string of the molecule is CCOC(=O)C1NNCC1c1cncn1CCOc1ccc(C)cc1. The number of carbonyl (C=O) groups excluding carboxylic acids is 1. The lowest BCUT2D eigenvalue weighted by Crippen LogP contribution is -2.39. The molecule has 1 fully saturated rings. The Labute approximate surface area is 147 Å². The summed E-state index contributed by atoms with van der Waals surface area (Å²) in [6.45, 7) is 6.06. The summed E-state index contributed by atoms with van der Waals surface area (Å²) >= 11 is 0. The number of ether oxygens (including phenoxy) is 2. The van der Waals surface area contributed by atoms with Gasteiger partial charge in [0.25, 0.3) is 0 Å². The highest BCUT2D eigenvalue weighted by Crippen LogP contribution is 2.23. The summed E-state index contributed by atoms with van der Waals surface area (Å²) in [5, 5.41) is 0. The van der Waals surface area contributed by atoms with Crippen LogP contribution in [0, 0.1) is 6.92 Å². The van der Waals surface area contributed by atoms with Crippen LogP contribution in [0.3, 0.4) is 0 Å². The van der Waals surface area contributed by atoms with Gasteiger partial charge in [-0.1, -0.05) is 17.7 Å². The van der Waals surface area contributed by atoms with Crippen LogP contribution in [0.4, 0.5) is 0 Å². The molecule has 2 unspecified atom stereocenters. The lowest BCUT2D eigenvalue weighted by atomic mass is 9.98. The number of aryl methyl sites for hydroxylation is 1. The second kappa shape index (κ2) is 8.13. The monoisotopic (exact) mass is 344 g/mol.